The molecule has 0 bridgehead atoms. The highest BCUT2D eigenvalue weighted by Crippen LogP contribution is 2.39. The highest BCUT2D eigenvalue weighted by atomic mass is 16.4. The van der Waals surface area contributed by atoms with E-state index >= 15 is 0 Å². The topological polar surface area (TPSA) is 92.5 Å². The van der Waals surface area contributed by atoms with Gasteiger partial charge >= 0.3 is 5.97 Å². The van der Waals surface area contributed by atoms with Gasteiger partial charge in [-0.25, -0.2) is 4.79 Å². The maximum absolute atomic E-state index is 11.5. The number of nitrogens with zero attached hydrogens (tertiary/aromatic N) is 3. The molecule has 2 saturated carbocycles. The molecule has 0 atom stereocenters. The van der Waals surface area contributed by atoms with Crippen LogP contribution in [-0.4, -0.2) is 32.7 Å². The van der Waals surface area contributed by atoms with E-state index in [9.17, 15) is 14.7 Å². The number of aliphatic carboxylic acids is 1. The molecule has 0 spiro atoms. The summed E-state index contributed by atoms with van der Waals surface area (Å²) < 4.78 is 0. The van der Waals surface area contributed by atoms with Gasteiger partial charge in [0.25, 0.3) is 0 Å². The van der Waals surface area contributed by atoms with Gasteiger partial charge in [0.1, 0.15) is 0 Å². The molecule has 170 valence electrons. The third-order valence-electron chi connectivity index (χ3n) is 6.91. The van der Waals surface area contributed by atoms with Crippen molar-refractivity contribution in [1.29, 1.82) is 0 Å². The van der Waals surface area contributed by atoms with Crippen LogP contribution in [-0.2, 0) is 22.4 Å². The number of carboxylic acid groups (broad SMARTS) is 1. The molecule has 0 unspecified atom stereocenters. The average molecular weight is 436 g/mol. The summed E-state index contributed by atoms with van der Waals surface area (Å²) in [5, 5.41) is 9.43. The number of pyridine rings is 2. The monoisotopic (exact) mass is 435 g/mol. The predicted octanol–water partition coefficient (Wildman–Crippen LogP) is 5.32. The van der Waals surface area contributed by atoms with E-state index in [0.29, 0.717) is 6.42 Å². The van der Waals surface area contributed by atoms with E-state index in [-0.39, 0.29) is 5.54 Å². The molecule has 2 aliphatic rings. The Balaban J connectivity index is 0.000000181. The van der Waals surface area contributed by atoms with Crippen molar-refractivity contribution in [1.82, 2.24) is 9.97 Å². The van der Waals surface area contributed by atoms with Crippen molar-refractivity contribution in [2.45, 2.75) is 82.6 Å². The summed E-state index contributed by atoms with van der Waals surface area (Å²) in [6, 6.07) is 7.83. The molecule has 6 heteroatoms. The highest BCUT2D eigenvalue weighted by molar-refractivity contribution is 5.75. The molecule has 0 radical (unpaired) electrons. The van der Waals surface area contributed by atoms with Crippen molar-refractivity contribution in [3.8, 4) is 0 Å². The fraction of sp³-hybridized carbons (Fsp3) is 0.538. The maximum Gasteiger partial charge on any atom is 0.309 e. The van der Waals surface area contributed by atoms with Crippen molar-refractivity contribution in [2.75, 3.05) is 0 Å². The lowest BCUT2D eigenvalue weighted by Crippen LogP contribution is -2.35. The minimum atomic E-state index is -0.635. The molecule has 0 saturated heterocycles. The molecule has 0 amide bonds. The quantitative estimate of drug-likeness (QED) is 0.489. The Labute approximate surface area is 190 Å². The Morgan fingerprint density at radius 2 is 1.28 bits per heavy atom. The third-order valence-corrected chi connectivity index (χ3v) is 6.91. The van der Waals surface area contributed by atoms with Gasteiger partial charge in [-0.1, -0.05) is 38.5 Å². The molecule has 0 aliphatic heterocycles. The lowest BCUT2D eigenvalue weighted by Gasteiger charge is -2.33. The van der Waals surface area contributed by atoms with E-state index in [1.54, 1.807) is 30.9 Å². The van der Waals surface area contributed by atoms with Crippen LogP contribution in [0.1, 0.15) is 75.3 Å². The van der Waals surface area contributed by atoms with E-state index in [0.717, 1.165) is 63.4 Å². The van der Waals surface area contributed by atoms with Gasteiger partial charge in [-0.2, -0.15) is 4.99 Å². The first-order valence-electron chi connectivity index (χ1n) is 11.7. The first kappa shape index (κ1) is 23.8. The number of carbonyl (C=O) groups excluding carboxylic acids is 1. The van der Waals surface area contributed by atoms with Crippen LogP contribution in [0.15, 0.2) is 54.0 Å². The molecular weight excluding hydrogens is 402 g/mol. The molecule has 2 aliphatic carbocycles. The van der Waals surface area contributed by atoms with E-state index in [1.165, 1.54) is 18.4 Å². The Bertz CT molecular complexity index is 822. The SMILES string of the molecule is O=C(O)C1(Cc2ccncc2)CCCCC1.O=C=NC1(Cc2ccncc2)CCCCC1. The summed E-state index contributed by atoms with van der Waals surface area (Å²) in [5.74, 6) is -0.635. The highest BCUT2D eigenvalue weighted by Gasteiger charge is 2.39. The summed E-state index contributed by atoms with van der Waals surface area (Å²) in [6.07, 6.45) is 20.7. The van der Waals surface area contributed by atoms with Crippen LogP contribution in [0.4, 0.5) is 0 Å². The second-order valence-corrected chi connectivity index (χ2v) is 9.20. The molecular formula is C26H33N3O3. The van der Waals surface area contributed by atoms with Gasteiger partial charge in [0.15, 0.2) is 0 Å². The van der Waals surface area contributed by atoms with Crippen LogP contribution in [0, 0.1) is 5.41 Å². The van der Waals surface area contributed by atoms with Crippen LogP contribution >= 0.6 is 0 Å². The molecule has 1 N–H and O–H groups in total. The Hall–Kier alpha value is -2.85. The molecule has 4 rings (SSSR count). The number of carboxylic acids is 1. The third kappa shape index (κ3) is 6.57. The number of hydrogen-bond acceptors (Lipinski definition) is 5. The summed E-state index contributed by atoms with van der Waals surface area (Å²) in [4.78, 5) is 34.1. The number of isocyanates is 1. The second-order valence-electron chi connectivity index (χ2n) is 9.20. The van der Waals surface area contributed by atoms with Crippen molar-refractivity contribution in [3.05, 3.63) is 60.2 Å². The number of hydrogen-bond donors (Lipinski definition) is 1. The zero-order valence-electron chi connectivity index (χ0n) is 18.7. The Morgan fingerprint density at radius 3 is 1.75 bits per heavy atom. The molecule has 2 heterocycles. The van der Waals surface area contributed by atoms with E-state index < -0.39 is 11.4 Å². The van der Waals surface area contributed by atoms with Crippen molar-refractivity contribution >= 4 is 12.0 Å². The van der Waals surface area contributed by atoms with Gasteiger partial charge in [-0.3, -0.25) is 14.8 Å². The molecule has 2 fully saturated rings. The number of rotatable bonds is 6. The van der Waals surface area contributed by atoms with Gasteiger partial charge in [-0.15, -0.1) is 0 Å². The zero-order valence-corrected chi connectivity index (χ0v) is 18.7. The molecule has 6 nitrogen and oxygen atoms in total. The van der Waals surface area contributed by atoms with Gasteiger partial charge < -0.3 is 5.11 Å². The number of carbonyl (C=O) groups is 1. The summed E-state index contributed by atoms with van der Waals surface area (Å²) in [5.41, 5.74) is 1.57. The van der Waals surface area contributed by atoms with Gasteiger partial charge in [0.05, 0.1) is 11.0 Å². The molecule has 0 aromatic carbocycles. The van der Waals surface area contributed by atoms with E-state index in [1.807, 2.05) is 24.3 Å². The molecule has 2 aromatic heterocycles. The van der Waals surface area contributed by atoms with Crippen LogP contribution in [0.3, 0.4) is 0 Å². The van der Waals surface area contributed by atoms with Gasteiger partial charge in [-0.05, 0) is 73.9 Å². The van der Waals surface area contributed by atoms with E-state index in [2.05, 4.69) is 15.0 Å². The predicted molar refractivity (Wildman–Crippen MR) is 123 cm³/mol. The lowest BCUT2D eigenvalue weighted by molar-refractivity contribution is -0.151. The van der Waals surface area contributed by atoms with Gasteiger partial charge in [0, 0.05) is 24.8 Å². The first-order chi connectivity index (χ1) is 15.6. The molecule has 2 aromatic rings. The zero-order chi connectivity index (χ0) is 22.7. The number of aromatic nitrogens is 2. The first-order valence-corrected chi connectivity index (χ1v) is 11.7. The number of aliphatic imine (C=N–C) groups is 1. The fourth-order valence-electron chi connectivity index (χ4n) is 5.10. The fourth-order valence-corrected chi connectivity index (χ4v) is 5.10. The Kier molecular flexibility index (Phi) is 8.69. The summed E-state index contributed by atoms with van der Waals surface area (Å²) in [7, 11) is 0. The lowest BCUT2D eigenvalue weighted by atomic mass is 9.70. The van der Waals surface area contributed by atoms with Crippen LogP contribution in [0.25, 0.3) is 0 Å². The largest absolute Gasteiger partial charge is 0.481 e. The minimum absolute atomic E-state index is 0.193. The summed E-state index contributed by atoms with van der Waals surface area (Å²) >= 11 is 0. The van der Waals surface area contributed by atoms with Crippen LogP contribution in [0.2, 0.25) is 0 Å². The second kappa shape index (κ2) is 11.7. The summed E-state index contributed by atoms with van der Waals surface area (Å²) in [6.45, 7) is 0. The van der Waals surface area contributed by atoms with Crippen molar-refractivity contribution in [2.24, 2.45) is 10.4 Å². The maximum atomic E-state index is 11.5. The van der Waals surface area contributed by atoms with Crippen molar-refractivity contribution in [3.63, 3.8) is 0 Å². The molecule has 32 heavy (non-hydrogen) atoms. The average Bonchev–Trinajstić information content (AvgIpc) is 2.82. The van der Waals surface area contributed by atoms with Gasteiger partial charge in [0.2, 0.25) is 6.08 Å². The minimum Gasteiger partial charge on any atom is -0.481 e. The smallest absolute Gasteiger partial charge is 0.309 e. The van der Waals surface area contributed by atoms with Crippen LogP contribution in [0.5, 0.6) is 0 Å². The normalized spacial score (nSPS) is 19.0. The standard InChI is InChI=1S/C13H16N2O.C13H17NO2/c16-11-15-13(6-2-1-3-7-13)10-12-4-8-14-9-5-12;15-12(16)13(6-2-1-3-7-13)10-11-4-8-14-9-5-11/h4-5,8-9H,1-3,6-7,10H2;4-5,8-9H,1-3,6-7,10H2,(H,15,16). The van der Waals surface area contributed by atoms with E-state index in [4.69, 9.17) is 0 Å². The van der Waals surface area contributed by atoms with Crippen molar-refractivity contribution < 1.29 is 14.7 Å². The van der Waals surface area contributed by atoms with Crippen LogP contribution < -0.4 is 0 Å². The Morgan fingerprint density at radius 1 is 0.812 bits per heavy atom.